The molecule has 84 valence electrons. The van der Waals surface area contributed by atoms with E-state index in [1.54, 1.807) is 0 Å². The Kier molecular flexibility index (Phi) is 4.67. The average Bonchev–Trinajstić information content (AvgIpc) is 2.79. The predicted octanol–water partition coefficient (Wildman–Crippen LogP) is 1.58. The number of alkyl halides is 1. The van der Waals surface area contributed by atoms with Gasteiger partial charge in [-0.1, -0.05) is 6.92 Å². The van der Waals surface area contributed by atoms with Crippen molar-refractivity contribution in [1.29, 1.82) is 0 Å². The minimum Gasteiger partial charge on any atom is -0.215 e. The third kappa shape index (κ3) is 4.62. The van der Waals surface area contributed by atoms with Gasteiger partial charge in [0.1, 0.15) is 0 Å². The van der Waals surface area contributed by atoms with Gasteiger partial charge in [0.2, 0.25) is 10.0 Å². The van der Waals surface area contributed by atoms with Gasteiger partial charge in [0.15, 0.2) is 0 Å². The van der Waals surface area contributed by atoms with Gasteiger partial charge in [-0.25, -0.2) is 13.1 Å². The Morgan fingerprint density at radius 3 is 2.57 bits per heavy atom. The fourth-order valence-corrected chi connectivity index (χ4v) is 2.76. The normalized spacial score (nSPS) is 26.4. The molecule has 1 N–H and O–H groups in total. The van der Waals surface area contributed by atoms with Crippen LogP contribution in [0.1, 0.15) is 26.2 Å². The van der Waals surface area contributed by atoms with Crippen molar-refractivity contribution in [3.05, 3.63) is 0 Å². The minimum absolute atomic E-state index is 0.209. The summed E-state index contributed by atoms with van der Waals surface area (Å²) in [5.74, 6) is 2.01. The first kappa shape index (κ1) is 12.3. The second-order valence-corrected chi connectivity index (χ2v) is 6.34. The van der Waals surface area contributed by atoms with Gasteiger partial charge < -0.3 is 0 Å². The molecule has 1 saturated carbocycles. The molecular formula is C9H18ClNO2S. The second-order valence-electron chi connectivity index (χ2n) is 4.04. The summed E-state index contributed by atoms with van der Waals surface area (Å²) in [6.45, 7) is 2.76. The summed E-state index contributed by atoms with van der Waals surface area (Å²) in [6.07, 6.45) is 2.57. The Balaban J connectivity index is 2.14. The molecule has 0 saturated heterocycles. The molecule has 0 aromatic carbocycles. The number of sulfonamides is 1. The molecule has 0 aromatic rings. The summed E-state index contributed by atoms with van der Waals surface area (Å²) in [5.41, 5.74) is 0. The zero-order valence-corrected chi connectivity index (χ0v) is 10.1. The van der Waals surface area contributed by atoms with Gasteiger partial charge in [0, 0.05) is 12.4 Å². The minimum atomic E-state index is -3.04. The van der Waals surface area contributed by atoms with Crippen LogP contribution in [0.25, 0.3) is 0 Å². The van der Waals surface area contributed by atoms with Crippen molar-refractivity contribution in [2.75, 3.05) is 18.2 Å². The van der Waals surface area contributed by atoms with Crippen molar-refractivity contribution in [3.63, 3.8) is 0 Å². The van der Waals surface area contributed by atoms with Crippen molar-refractivity contribution in [2.45, 2.75) is 26.2 Å². The van der Waals surface area contributed by atoms with Crippen LogP contribution >= 0.6 is 11.6 Å². The van der Waals surface area contributed by atoms with E-state index < -0.39 is 10.0 Å². The maximum Gasteiger partial charge on any atom is 0.211 e. The van der Waals surface area contributed by atoms with Crippen LogP contribution in [-0.2, 0) is 10.0 Å². The van der Waals surface area contributed by atoms with Gasteiger partial charge in [-0.3, -0.25) is 0 Å². The number of nitrogens with one attached hydrogen (secondary N) is 1. The van der Waals surface area contributed by atoms with Crippen LogP contribution in [0.15, 0.2) is 0 Å². The predicted molar refractivity (Wildman–Crippen MR) is 59.0 cm³/mol. The fraction of sp³-hybridized carbons (Fsp3) is 1.00. The molecule has 1 rings (SSSR count). The summed E-state index contributed by atoms with van der Waals surface area (Å²) in [6, 6.07) is 0. The monoisotopic (exact) mass is 239 g/mol. The lowest BCUT2D eigenvalue weighted by molar-refractivity contribution is 0.571. The first-order chi connectivity index (χ1) is 6.55. The van der Waals surface area contributed by atoms with E-state index in [0.717, 1.165) is 12.8 Å². The molecular weight excluding hydrogens is 222 g/mol. The number of hydrogen-bond acceptors (Lipinski definition) is 2. The zero-order valence-electron chi connectivity index (χ0n) is 8.50. The molecule has 1 aliphatic rings. The number of unbranched alkanes of at least 4 members (excludes halogenated alkanes) is 1. The molecule has 1 fully saturated rings. The van der Waals surface area contributed by atoms with Crippen molar-refractivity contribution in [3.8, 4) is 0 Å². The maximum atomic E-state index is 11.4. The van der Waals surface area contributed by atoms with E-state index in [1.165, 1.54) is 0 Å². The molecule has 14 heavy (non-hydrogen) atoms. The maximum absolute atomic E-state index is 11.4. The highest BCUT2D eigenvalue weighted by Gasteiger charge is 2.32. The molecule has 0 aliphatic heterocycles. The molecule has 3 nitrogen and oxygen atoms in total. The molecule has 0 heterocycles. The molecule has 5 heteroatoms. The lowest BCUT2D eigenvalue weighted by Crippen LogP contribution is -2.28. The third-order valence-corrected chi connectivity index (χ3v) is 4.34. The van der Waals surface area contributed by atoms with Gasteiger partial charge in [0.25, 0.3) is 0 Å². The van der Waals surface area contributed by atoms with Crippen LogP contribution < -0.4 is 4.72 Å². The fourth-order valence-electron chi connectivity index (χ4n) is 1.38. The third-order valence-electron chi connectivity index (χ3n) is 2.64. The largest absolute Gasteiger partial charge is 0.215 e. The SMILES string of the molecule is CC1CC1CNS(=O)(=O)CCCCCl. The van der Waals surface area contributed by atoms with Crippen molar-refractivity contribution in [1.82, 2.24) is 4.72 Å². The molecule has 1 aliphatic carbocycles. The van der Waals surface area contributed by atoms with Crippen LogP contribution in [0.2, 0.25) is 0 Å². The Labute approximate surface area is 91.3 Å². The van der Waals surface area contributed by atoms with E-state index in [0.29, 0.717) is 30.7 Å². The number of rotatable bonds is 7. The number of hydrogen-bond donors (Lipinski definition) is 1. The Hall–Kier alpha value is 0.200. The van der Waals surface area contributed by atoms with Crippen molar-refractivity contribution in [2.24, 2.45) is 11.8 Å². The molecule has 0 bridgehead atoms. The van der Waals surface area contributed by atoms with Crippen LogP contribution in [0.4, 0.5) is 0 Å². The Bertz CT molecular complexity index is 266. The topological polar surface area (TPSA) is 46.2 Å². The van der Waals surface area contributed by atoms with Gasteiger partial charge in [0.05, 0.1) is 5.75 Å². The molecule has 0 amide bonds. The van der Waals surface area contributed by atoms with Crippen LogP contribution in [0.5, 0.6) is 0 Å². The van der Waals surface area contributed by atoms with Crippen LogP contribution in [0, 0.1) is 11.8 Å². The van der Waals surface area contributed by atoms with E-state index in [1.807, 2.05) is 0 Å². The highest BCUT2D eigenvalue weighted by molar-refractivity contribution is 7.89. The molecule has 0 radical (unpaired) electrons. The highest BCUT2D eigenvalue weighted by atomic mass is 35.5. The van der Waals surface area contributed by atoms with Gasteiger partial charge in [-0.05, 0) is 31.1 Å². The standard InChI is InChI=1S/C9H18ClNO2S/c1-8-6-9(8)7-11-14(12,13)5-3-2-4-10/h8-9,11H,2-7H2,1H3. The molecule has 2 atom stereocenters. The lowest BCUT2D eigenvalue weighted by Gasteiger charge is -2.04. The Morgan fingerprint density at radius 2 is 2.07 bits per heavy atom. The zero-order chi connectivity index (χ0) is 10.6. The van der Waals surface area contributed by atoms with Crippen molar-refractivity contribution >= 4 is 21.6 Å². The van der Waals surface area contributed by atoms with Gasteiger partial charge in [-0.15, -0.1) is 11.6 Å². The average molecular weight is 240 g/mol. The van der Waals surface area contributed by atoms with Gasteiger partial charge >= 0.3 is 0 Å². The van der Waals surface area contributed by atoms with E-state index in [2.05, 4.69) is 11.6 Å². The first-order valence-corrected chi connectivity index (χ1v) is 7.27. The van der Waals surface area contributed by atoms with Crippen LogP contribution in [-0.4, -0.2) is 26.6 Å². The van der Waals surface area contributed by atoms with Crippen LogP contribution in [0.3, 0.4) is 0 Å². The van der Waals surface area contributed by atoms with E-state index in [4.69, 9.17) is 11.6 Å². The molecule has 0 aromatic heterocycles. The number of halogens is 1. The molecule has 0 spiro atoms. The quantitative estimate of drug-likeness (QED) is 0.542. The summed E-state index contributed by atoms with van der Waals surface area (Å²) in [4.78, 5) is 0. The smallest absolute Gasteiger partial charge is 0.211 e. The van der Waals surface area contributed by atoms with Crippen molar-refractivity contribution < 1.29 is 8.42 Å². The summed E-state index contributed by atoms with van der Waals surface area (Å²) < 4.78 is 25.4. The van der Waals surface area contributed by atoms with E-state index >= 15 is 0 Å². The van der Waals surface area contributed by atoms with E-state index in [9.17, 15) is 8.42 Å². The first-order valence-electron chi connectivity index (χ1n) is 5.08. The van der Waals surface area contributed by atoms with Gasteiger partial charge in [-0.2, -0.15) is 0 Å². The van der Waals surface area contributed by atoms with E-state index in [-0.39, 0.29) is 5.75 Å². The summed E-state index contributed by atoms with van der Waals surface area (Å²) >= 11 is 5.47. The summed E-state index contributed by atoms with van der Waals surface area (Å²) in [7, 11) is -3.04. The lowest BCUT2D eigenvalue weighted by atomic mass is 10.3. The molecule has 2 unspecified atom stereocenters. The highest BCUT2D eigenvalue weighted by Crippen LogP contribution is 2.36. The second kappa shape index (κ2) is 5.33. The Morgan fingerprint density at radius 1 is 1.43 bits per heavy atom. The summed E-state index contributed by atoms with van der Waals surface area (Å²) in [5, 5.41) is 0.